The number of hydrogen-bond acceptors (Lipinski definition) is 4. The molecule has 2 aliphatic heterocycles. The molecule has 0 aromatic heterocycles. The predicted molar refractivity (Wildman–Crippen MR) is 82.5 cm³/mol. The van der Waals surface area contributed by atoms with Crippen molar-refractivity contribution in [3.8, 4) is 0 Å². The van der Waals surface area contributed by atoms with E-state index >= 15 is 0 Å². The number of rotatable bonds is 4. The van der Waals surface area contributed by atoms with E-state index in [4.69, 9.17) is 0 Å². The van der Waals surface area contributed by atoms with E-state index < -0.39 is 0 Å². The van der Waals surface area contributed by atoms with Crippen LogP contribution in [0.15, 0.2) is 0 Å². The second-order valence-electron chi connectivity index (χ2n) is 6.47. The van der Waals surface area contributed by atoms with E-state index in [1.807, 2.05) is 7.05 Å². The maximum absolute atomic E-state index is 11.9. The van der Waals surface area contributed by atoms with Crippen LogP contribution in [-0.2, 0) is 4.79 Å². The van der Waals surface area contributed by atoms with E-state index in [2.05, 4.69) is 20.9 Å². The van der Waals surface area contributed by atoms with Crippen LogP contribution in [0.5, 0.6) is 0 Å². The summed E-state index contributed by atoms with van der Waals surface area (Å²) in [5, 5.41) is 8.77. The first-order chi connectivity index (χ1) is 9.60. The number of amides is 3. The van der Waals surface area contributed by atoms with E-state index in [9.17, 15) is 9.59 Å². The second-order valence-corrected chi connectivity index (χ2v) is 6.47. The molecule has 2 unspecified atom stereocenters. The van der Waals surface area contributed by atoms with E-state index in [0.717, 1.165) is 25.7 Å². The molecule has 1 saturated carbocycles. The normalized spacial score (nSPS) is 30.7. The number of carbonyl (C=O) groups is 2. The third kappa shape index (κ3) is 4.56. The van der Waals surface area contributed by atoms with Gasteiger partial charge in [0.25, 0.3) is 0 Å². The van der Waals surface area contributed by atoms with Gasteiger partial charge in [-0.3, -0.25) is 15.0 Å². The summed E-state index contributed by atoms with van der Waals surface area (Å²) in [7, 11) is 1.98. The van der Waals surface area contributed by atoms with Gasteiger partial charge in [-0.05, 0) is 45.6 Å². The molecule has 3 amide bonds. The Kier molecular flexibility index (Phi) is 5.46. The van der Waals surface area contributed by atoms with Crippen LogP contribution in [0, 0.1) is 0 Å². The molecule has 2 saturated heterocycles. The van der Waals surface area contributed by atoms with Gasteiger partial charge in [0.1, 0.15) is 0 Å². The Morgan fingerprint density at radius 1 is 1.14 bits per heavy atom. The second kappa shape index (κ2) is 6.94. The zero-order valence-electron chi connectivity index (χ0n) is 12.4. The lowest BCUT2D eigenvalue weighted by molar-refractivity contribution is -0.121. The van der Waals surface area contributed by atoms with Crippen LogP contribution in [0.3, 0.4) is 0 Å². The molecule has 3 N–H and O–H groups in total. The molecule has 6 nitrogen and oxygen atoms in total. The van der Waals surface area contributed by atoms with Gasteiger partial charge in [-0.15, -0.1) is 12.4 Å². The van der Waals surface area contributed by atoms with Crippen molar-refractivity contribution >= 4 is 24.3 Å². The van der Waals surface area contributed by atoms with Crippen molar-refractivity contribution in [2.45, 2.75) is 62.7 Å². The number of nitrogens with one attached hydrogen (secondary N) is 3. The SMILES string of the molecule is CN(CC(=O)NC(=O)NC1CC1)C1CC2CCC(C1)N2.Cl. The lowest BCUT2D eigenvalue weighted by Crippen LogP contribution is -2.50. The summed E-state index contributed by atoms with van der Waals surface area (Å²) in [6, 6.07) is 1.60. The number of likely N-dealkylation sites (N-methyl/N-ethyl adjacent to an activating group) is 1. The molecule has 0 spiro atoms. The Labute approximate surface area is 131 Å². The average molecular weight is 317 g/mol. The van der Waals surface area contributed by atoms with Gasteiger partial charge in [0.05, 0.1) is 6.54 Å². The Balaban J connectivity index is 0.00000161. The fourth-order valence-electron chi connectivity index (χ4n) is 3.36. The highest BCUT2D eigenvalue weighted by atomic mass is 35.5. The third-order valence-corrected chi connectivity index (χ3v) is 4.63. The number of carbonyl (C=O) groups excluding carboxylic acids is 2. The summed E-state index contributed by atoms with van der Waals surface area (Å²) < 4.78 is 0. The minimum Gasteiger partial charge on any atom is -0.335 e. The Morgan fingerprint density at radius 2 is 1.76 bits per heavy atom. The number of nitrogens with zero attached hydrogens (tertiary/aromatic N) is 1. The maximum Gasteiger partial charge on any atom is 0.321 e. The smallest absolute Gasteiger partial charge is 0.321 e. The number of fused-ring (bicyclic) bond motifs is 2. The highest BCUT2D eigenvalue weighted by Gasteiger charge is 2.35. The number of halogens is 1. The largest absolute Gasteiger partial charge is 0.335 e. The standard InChI is InChI=1S/C14H24N4O2.ClH/c1-18(12-6-10-4-5-11(7-12)15-10)8-13(19)17-14(20)16-9-2-3-9;/h9-12,15H,2-8H2,1H3,(H2,16,17,19,20);1H. The first-order valence-corrected chi connectivity index (χ1v) is 7.67. The van der Waals surface area contributed by atoms with Crippen LogP contribution in [0.1, 0.15) is 38.5 Å². The van der Waals surface area contributed by atoms with Gasteiger partial charge in [0, 0.05) is 24.2 Å². The summed E-state index contributed by atoms with van der Waals surface area (Å²) in [5.41, 5.74) is 0. The monoisotopic (exact) mass is 316 g/mol. The topological polar surface area (TPSA) is 73.5 Å². The number of urea groups is 1. The van der Waals surface area contributed by atoms with Gasteiger partial charge in [0.15, 0.2) is 0 Å². The molecule has 7 heteroatoms. The summed E-state index contributed by atoms with van der Waals surface area (Å²) in [6.07, 6.45) is 6.78. The molecule has 3 fully saturated rings. The van der Waals surface area contributed by atoms with Crippen LogP contribution in [0.25, 0.3) is 0 Å². The molecule has 3 rings (SSSR count). The van der Waals surface area contributed by atoms with Crippen molar-refractivity contribution in [1.82, 2.24) is 20.9 Å². The third-order valence-electron chi connectivity index (χ3n) is 4.63. The van der Waals surface area contributed by atoms with E-state index in [0.29, 0.717) is 24.7 Å². The molecule has 2 atom stereocenters. The Bertz CT molecular complexity index is 390. The van der Waals surface area contributed by atoms with Crippen molar-refractivity contribution in [2.24, 2.45) is 0 Å². The molecule has 21 heavy (non-hydrogen) atoms. The molecule has 2 bridgehead atoms. The zero-order chi connectivity index (χ0) is 14.1. The fraction of sp³-hybridized carbons (Fsp3) is 0.857. The summed E-state index contributed by atoms with van der Waals surface area (Å²) in [5.74, 6) is -0.212. The van der Waals surface area contributed by atoms with Gasteiger partial charge < -0.3 is 10.6 Å². The van der Waals surface area contributed by atoms with Crippen LogP contribution < -0.4 is 16.0 Å². The average Bonchev–Trinajstić information content (AvgIpc) is 3.13. The molecule has 2 heterocycles. The first kappa shape index (κ1) is 16.5. The molecule has 120 valence electrons. The number of hydrogen-bond donors (Lipinski definition) is 3. The van der Waals surface area contributed by atoms with E-state index in [1.54, 1.807) is 0 Å². The predicted octanol–water partition coefficient (Wildman–Crippen LogP) is 0.611. The van der Waals surface area contributed by atoms with Crippen LogP contribution in [-0.4, -0.2) is 54.6 Å². The van der Waals surface area contributed by atoms with Crippen LogP contribution in [0.2, 0.25) is 0 Å². The molecular weight excluding hydrogens is 292 g/mol. The van der Waals surface area contributed by atoms with Gasteiger partial charge >= 0.3 is 6.03 Å². The maximum atomic E-state index is 11.9. The van der Waals surface area contributed by atoms with Crippen molar-refractivity contribution in [3.05, 3.63) is 0 Å². The molecule has 0 aromatic rings. The number of piperidine rings is 1. The van der Waals surface area contributed by atoms with Crippen molar-refractivity contribution in [2.75, 3.05) is 13.6 Å². The summed E-state index contributed by atoms with van der Waals surface area (Å²) in [4.78, 5) is 25.5. The molecular formula is C14H25ClN4O2. The number of imide groups is 1. The van der Waals surface area contributed by atoms with Crippen LogP contribution >= 0.6 is 12.4 Å². The summed E-state index contributed by atoms with van der Waals surface area (Å²) in [6.45, 7) is 0.294. The fourth-order valence-corrected chi connectivity index (χ4v) is 3.36. The zero-order valence-corrected chi connectivity index (χ0v) is 13.2. The molecule has 0 radical (unpaired) electrons. The highest BCUT2D eigenvalue weighted by molar-refractivity contribution is 5.95. The van der Waals surface area contributed by atoms with E-state index in [-0.39, 0.29) is 30.4 Å². The van der Waals surface area contributed by atoms with Gasteiger partial charge in [0.2, 0.25) is 5.91 Å². The van der Waals surface area contributed by atoms with Crippen molar-refractivity contribution in [1.29, 1.82) is 0 Å². The van der Waals surface area contributed by atoms with Crippen LogP contribution in [0.4, 0.5) is 4.79 Å². The Morgan fingerprint density at radius 3 is 2.33 bits per heavy atom. The van der Waals surface area contributed by atoms with Gasteiger partial charge in [-0.25, -0.2) is 4.79 Å². The lowest BCUT2D eigenvalue weighted by Gasteiger charge is -2.35. The van der Waals surface area contributed by atoms with Gasteiger partial charge in [-0.2, -0.15) is 0 Å². The Hall–Kier alpha value is -0.850. The quantitative estimate of drug-likeness (QED) is 0.710. The highest BCUT2D eigenvalue weighted by Crippen LogP contribution is 2.29. The molecule has 1 aliphatic carbocycles. The lowest BCUT2D eigenvalue weighted by atomic mass is 9.98. The minimum atomic E-state index is -0.351. The minimum absolute atomic E-state index is 0. The van der Waals surface area contributed by atoms with Gasteiger partial charge in [-0.1, -0.05) is 0 Å². The summed E-state index contributed by atoms with van der Waals surface area (Å²) >= 11 is 0. The van der Waals surface area contributed by atoms with Crippen molar-refractivity contribution < 1.29 is 9.59 Å². The molecule has 0 aromatic carbocycles. The molecule has 3 aliphatic rings. The van der Waals surface area contributed by atoms with Crippen molar-refractivity contribution in [3.63, 3.8) is 0 Å². The first-order valence-electron chi connectivity index (χ1n) is 7.67. The van der Waals surface area contributed by atoms with E-state index in [1.165, 1.54) is 12.8 Å².